The smallest absolute Gasteiger partial charge is 0.270 e. The highest BCUT2D eigenvalue weighted by atomic mass is 19.1. The third-order valence-corrected chi connectivity index (χ3v) is 2.18. The molecule has 0 spiro atoms. The Morgan fingerprint density at radius 1 is 1.57 bits per heavy atom. The molecule has 0 saturated heterocycles. The largest absolute Gasteiger partial charge is 0.348 e. The fraction of sp³-hybridized carbons (Fsp3) is 0.400. The molecule has 0 atom stereocenters. The van der Waals surface area contributed by atoms with Crippen LogP contribution in [0.25, 0.3) is 0 Å². The van der Waals surface area contributed by atoms with Crippen LogP contribution in [-0.2, 0) is 0 Å². The van der Waals surface area contributed by atoms with Crippen molar-refractivity contribution in [2.24, 2.45) is 0 Å². The number of carbonyl (C=O) groups excluding carboxylic acids is 1. The minimum Gasteiger partial charge on any atom is -0.348 e. The van der Waals surface area contributed by atoms with Crippen molar-refractivity contribution < 1.29 is 9.18 Å². The lowest BCUT2D eigenvalue weighted by Gasteiger charge is -2.02. The SMILES string of the molecule is Cc1ccc(C(=O)NC2CC2)nc1F. The summed E-state index contributed by atoms with van der Waals surface area (Å²) in [4.78, 5) is 15.0. The Hall–Kier alpha value is -1.45. The number of hydrogen-bond acceptors (Lipinski definition) is 2. The first kappa shape index (κ1) is 9.12. The molecule has 1 aromatic heterocycles. The maximum absolute atomic E-state index is 13.0. The molecular weight excluding hydrogens is 183 g/mol. The van der Waals surface area contributed by atoms with Crippen LogP contribution in [0.1, 0.15) is 28.9 Å². The zero-order valence-electron chi connectivity index (χ0n) is 7.88. The summed E-state index contributed by atoms with van der Waals surface area (Å²) in [5.74, 6) is -0.861. The van der Waals surface area contributed by atoms with Gasteiger partial charge in [0.15, 0.2) is 0 Å². The number of amides is 1. The van der Waals surface area contributed by atoms with Crippen LogP contribution in [0.2, 0.25) is 0 Å². The molecule has 1 heterocycles. The number of aromatic nitrogens is 1. The van der Waals surface area contributed by atoms with Gasteiger partial charge in [-0.05, 0) is 25.8 Å². The van der Waals surface area contributed by atoms with Gasteiger partial charge in [0.25, 0.3) is 5.91 Å². The van der Waals surface area contributed by atoms with Crippen molar-refractivity contribution in [3.8, 4) is 0 Å². The molecule has 0 unspecified atom stereocenters. The summed E-state index contributed by atoms with van der Waals surface area (Å²) in [7, 11) is 0. The Labute approximate surface area is 81.3 Å². The number of halogens is 1. The predicted octanol–water partition coefficient (Wildman–Crippen LogP) is 1.42. The van der Waals surface area contributed by atoms with Gasteiger partial charge in [-0.25, -0.2) is 4.98 Å². The third kappa shape index (κ3) is 1.89. The summed E-state index contributed by atoms with van der Waals surface area (Å²) in [5, 5.41) is 2.75. The molecule has 1 aliphatic carbocycles. The summed E-state index contributed by atoms with van der Waals surface area (Å²) in [6, 6.07) is 3.37. The second-order valence-electron chi connectivity index (χ2n) is 3.55. The van der Waals surface area contributed by atoms with Crippen molar-refractivity contribution >= 4 is 5.91 Å². The van der Waals surface area contributed by atoms with E-state index in [1.54, 1.807) is 13.0 Å². The van der Waals surface area contributed by atoms with E-state index in [0.29, 0.717) is 5.56 Å². The molecule has 1 saturated carbocycles. The molecule has 1 amide bonds. The first-order valence-corrected chi connectivity index (χ1v) is 4.61. The summed E-state index contributed by atoms with van der Waals surface area (Å²) >= 11 is 0. The van der Waals surface area contributed by atoms with Crippen LogP contribution < -0.4 is 5.32 Å². The van der Waals surface area contributed by atoms with Crippen LogP contribution in [-0.4, -0.2) is 16.9 Å². The van der Waals surface area contributed by atoms with Gasteiger partial charge in [-0.3, -0.25) is 4.79 Å². The molecule has 1 N–H and O–H groups in total. The van der Waals surface area contributed by atoms with Crippen LogP contribution in [0.4, 0.5) is 4.39 Å². The lowest BCUT2D eigenvalue weighted by molar-refractivity contribution is 0.0945. The first-order chi connectivity index (χ1) is 6.66. The van der Waals surface area contributed by atoms with Gasteiger partial charge in [0.05, 0.1) is 0 Å². The van der Waals surface area contributed by atoms with E-state index < -0.39 is 5.95 Å². The number of rotatable bonds is 2. The zero-order valence-corrected chi connectivity index (χ0v) is 7.88. The molecule has 74 valence electrons. The number of aryl methyl sites for hydroxylation is 1. The van der Waals surface area contributed by atoms with Gasteiger partial charge in [-0.2, -0.15) is 4.39 Å². The zero-order chi connectivity index (χ0) is 10.1. The summed E-state index contributed by atoms with van der Waals surface area (Å²) < 4.78 is 13.0. The average Bonchev–Trinajstić information content (AvgIpc) is 2.93. The van der Waals surface area contributed by atoms with E-state index in [1.165, 1.54) is 6.07 Å². The molecule has 1 aromatic rings. The van der Waals surface area contributed by atoms with Crippen molar-refractivity contribution in [1.82, 2.24) is 10.3 Å². The average molecular weight is 194 g/mol. The van der Waals surface area contributed by atoms with Crippen LogP contribution in [0.15, 0.2) is 12.1 Å². The van der Waals surface area contributed by atoms with Crippen LogP contribution in [0.3, 0.4) is 0 Å². The van der Waals surface area contributed by atoms with Crippen LogP contribution in [0, 0.1) is 12.9 Å². The van der Waals surface area contributed by atoms with Gasteiger partial charge in [0.1, 0.15) is 5.69 Å². The highest BCUT2D eigenvalue weighted by molar-refractivity contribution is 5.92. The second-order valence-corrected chi connectivity index (χ2v) is 3.55. The van der Waals surface area contributed by atoms with Crippen molar-refractivity contribution in [3.63, 3.8) is 0 Å². The lowest BCUT2D eigenvalue weighted by atomic mass is 10.2. The number of carbonyl (C=O) groups is 1. The predicted molar refractivity (Wildman–Crippen MR) is 49.4 cm³/mol. The third-order valence-electron chi connectivity index (χ3n) is 2.18. The van der Waals surface area contributed by atoms with E-state index in [-0.39, 0.29) is 17.6 Å². The van der Waals surface area contributed by atoms with Crippen molar-refractivity contribution in [1.29, 1.82) is 0 Å². The molecule has 0 radical (unpaired) electrons. The normalized spacial score (nSPS) is 15.3. The number of nitrogens with one attached hydrogen (secondary N) is 1. The summed E-state index contributed by atoms with van der Waals surface area (Å²) in [5.41, 5.74) is 0.605. The molecule has 2 rings (SSSR count). The van der Waals surface area contributed by atoms with Gasteiger partial charge in [0, 0.05) is 11.6 Å². The molecule has 4 heteroatoms. The number of pyridine rings is 1. The minimum atomic E-state index is -0.576. The number of hydrogen-bond donors (Lipinski definition) is 1. The van der Waals surface area contributed by atoms with Gasteiger partial charge >= 0.3 is 0 Å². The Morgan fingerprint density at radius 2 is 2.29 bits per heavy atom. The fourth-order valence-corrected chi connectivity index (χ4v) is 1.12. The van der Waals surface area contributed by atoms with Gasteiger partial charge in [-0.1, -0.05) is 6.07 Å². The molecular formula is C10H11FN2O. The Bertz CT molecular complexity index is 374. The van der Waals surface area contributed by atoms with E-state index in [2.05, 4.69) is 10.3 Å². The first-order valence-electron chi connectivity index (χ1n) is 4.61. The van der Waals surface area contributed by atoms with E-state index in [0.717, 1.165) is 12.8 Å². The molecule has 0 aromatic carbocycles. The molecule has 3 nitrogen and oxygen atoms in total. The highest BCUT2D eigenvalue weighted by Crippen LogP contribution is 2.19. The Kier molecular flexibility index (Phi) is 2.19. The van der Waals surface area contributed by atoms with Gasteiger partial charge < -0.3 is 5.32 Å². The topological polar surface area (TPSA) is 42.0 Å². The standard InChI is InChI=1S/C10H11FN2O/c1-6-2-5-8(13-9(6)11)10(14)12-7-3-4-7/h2,5,7H,3-4H2,1H3,(H,12,14). The summed E-state index contributed by atoms with van der Waals surface area (Å²) in [6.45, 7) is 1.62. The lowest BCUT2D eigenvalue weighted by Crippen LogP contribution is -2.26. The van der Waals surface area contributed by atoms with E-state index in [4.69, 9.17) is 0 Å². The van der Waals surface area contributed by atoms with Gasteiger partial charge in [-0.15, -0.1) is 0 Å². The van der Waals surface area contributed by atoms with E-state index in [9.17, 15) is 9.18 Å². The van der Waals surface area contributed by atoms with Crippen molar-refractivity contribution in [2.45, 2.75) is 25.8 Å². The fourth-order valence-electron chi connectivity index (χ4n) is 1.12. The second kappa shape index (κ2) is 3.36. The minimum absolute atomic E-state index is 0.153. The van der Waals surface area contributed by atoms with Crippen molar-refractivity contribution in [2.75, 3.05) is 0 Å². The highest BCUT2D eigenvalue weighted by Gasteiger charge is 2.24. The Morgan fingerprint density at radius 3 is 2.86 bits per heavy atom. The summed E-state index contributed by atoms with van der Waals surface area (Å²) in [6.07, 6.45) is 2.03. The van der Waals surface area contributed by atoms with Gasteiger partial charge in [0.2, 0.25) is 5.95 Å². The molecule has 14 heavy (non-hydrogen) atoms. The molecule has 1 fully saturated rings. The molecule has 1 aliphatic rings. The van der Waals surface area contributed by atoms with Crippen LogP contribution >= 0.6 is 0 Å². The van der Waals surface area contributed by atoms with E-state index >= 15 is 0 Å². The van der Waals surface area contributed by atoms with Crippen molar-refractivity contribution in [3.05, 3.63) is 29.3 Å². The maximum Gasteiger partial charge on any atom is 0.270 e. The molecule has 0 bridgehead atoms. The van der Waals surface area contributed by atoms with Crippen LogP contribution in [0.5, 0.6) is 0 Å². The maximum atomic E-state index is 13.0. The Balaban J connectivity index is 2.14. The molecule has 0 aliphatic heterocycles. The van der Waals surface area contributed by atoms with E-state index in [1.807, 2.05) is 0 Å². The monoisotopic (exact) mass is 194 g/mol. The number of nitrogens with zero attached hydrogens (tertiary/aromatic N) is 1. The quantitative estimate of drug-likeness (QED) is 0.723.